The van der Waals surface area contributed by atoms with Gasteiger partial charge >= 0.3 is 5.97 Å². The number of hydrogen-bond donors (Lipinski definition) is 1. The van der Waals surface area contributed by atoms with Crippen LogP contribution in [-0.2, 0) is 28.5 Å². The van der Waals surface area contributed by atoms with Gasteiger partial charge < -0.3 is 28.8 Å². The molecule has 1 N–H and O–H groups in total. The van der Waals surface area contributed by atoms with Crippen LogP contribution in [0.3, 0.4) is 0 Å². The quantitative estimate of drug-likeness (QED) is 0.822. The van der Waals surface area contributed by atoms with Crippen molar-refractivity contribution in [3.63, 3.8) is 0 Å². The minimum Gasteiger partial charge on any atom is -0.454 e. The molecule has 2 aliphatic rings. The van der Waals surface area contributed by atoms with Gasteiger partial charge in [-0.15, -0.1) is 0 Å². The monoisotopic (exact) mass is 324 g/mol. The van der Waals surface area contributed by atoms with Gasteiger partial charge in [-0.05, 0) is 0 Å². The molecule has 1 aromatic rings. The number of aliphatic hydroxyl groups excluding tert-OH is 1. The molecule has 0 amide bonds. The van der Waals surface area contributed by atoms with Gasteiger partial charge in [-0.3, -0.25) is 4.79 Å². The molecule has 2 fully saturated rings. The predicted molar refractivity (Wildman–Crippen MR) is 77.2 cm³/mol. The molecule has 7 heteroatoms. The lowest BCUT2D eigenvalue weighted by molar-refractivity contribution is -0.358. The van der Waals surface area contributed by atoms with E-state index in [1.54, 1.807) is 0 Å². The summed E-state index contributed by atoms with van der Waals surface area (Å²) in [4.78, 5) is 11.3. The molecule has 126 valence electrons. The number of benzene rings is 1. The lowest BCUT2D eigenvalue weighted by atomic mass is 9.97. The maximum absolute atomic E-state index is 11.3. The van der Waals surface area contributed by atoms with E-state index in [0.717, 1.165) is 5.56 Å². The first-order valence-corrected chi connectivity index (χ1v) is 7.45. The summed E-state index contributed by atoms with van der Waals surface area (Å²) in [5.41, 5.74) is 0.844. The normalized spacial score (nSPS) is 37.0. The molecule has 0 radical (unpaired) electrons. The van der Waals surface area contributed by atoms with Crippen LogP contribution in [0.25, 0.3) is 0 Å². The van der Waals surface area contributed by atoms with E-state index in [0.29, 0.717) is 0 Å². The van der Waals surface area contributed by atoms with Gasteiger partial charge in [0.1, 0.15) is 18.3 Å². The van der Waals surface area contributed by atoms with Crippen molar-refractivity contribution in [1.82, 2.24) is 0 Å². The van der Waals surface area contributed by atoms with E-state index >= 15 is 0 Å². The number of carbonyl (C=O) groups is 1. The zero-order chi connectivity index (χ0) is 16.4. The molecule has 0 aliphatic carbocycles. The minimum absolute atomic E-state index is 0.244. The average Bonchev–Trinajstić information content (AvgIpc) is 2.57. The van der Waals surface area contributed by atoms with Crippen LogP contribution in [-0.4, -0.2) is 55.5 Å². The van der Waals surface area contributed by atoms with Crippen molar-refractivity contribution in [2.24, 2.45) is 0 Å². The first-order valence-electron chi connectivity index (χ1n) is 7.45. The Morgan fingerprint density at radius 3 is 2.65 bits per heavy atom. The SMILES string of the molecule is CO[C@H]1O[C@@H]2COC(c3ccccc3)O[C@H]2[C@@H](O)[C@H]1OC(C)=O. The summed E-state index contributed by atoms with van der Waals surface area (Å²) in [5.74, 6) is -0.523. The first-order chi connectivity index (χ1) is 11.1. The number of hydrogen-bond acceptors (Lipinski definition) is 7. The third kappa shape index (κ3) is 3.39. The lowest BCUT2D eigenvalue weighted by Gasteiger charge is -2.46. The number of methoxy groups -OCH3 is 1. The molecule has 2 saturated heterocycles. The van der Waals surface area contributed by atoms with Gasteiger partial charge in [0.05, 0.1) is 6.61 Å². The second-order valence-electron chi connectivity index (χ2n) is 5.52. The lowest BCUT2D eigenvalue weighted by Crippen LogP contribution is -2.63. The molecule has 0 saturated carbocycles. The van der Waals surface area contributed by atoms with Gasteiger partial charge in [0, 0.05) is 19.6 Å². The number of aliphatic hydroxyl groups is 1. The third-order valence-electron chi connectivity index (χ3n) is 3.92. The van der Waals surface area contributed by atoms with Crippen LogP contribution in [0.4, 0.5) is 0 Å². The smallest absolute Gasteiger partial charge is 0.303 e. The van der Waals surface area contributed by atoms with Gasteiger partial charge in [-0.2, -0.15) is 0 Å². The van der Waals surface area contributed by atoms with Crippen molar-refractivity contribution in [3.8, 4) is 0 Å². The third-order valence-corrected chi connectivity index (χ3v) is 3.92. The first kappa shape index (κ1) is 16.4. The number of ether oxygens (including phenoxy) is 5. The average molecular weight is 324 g/mol. The van der Waals surface area contributed by atoms with E-state index in [1.165, 1.54) is 14.0 Å². The molecule has 3 rings (SSSR count). The summed E-state index contributed by atoms with van der Waals surface area (Å²) in [6.45, 7) is 1.51. The van der Waals surface area contributed by atoms with Crippen LogP contribution in [0.15, 0.2) is 30.3 Å². The molecule has 0 bridgehead atoms. The number of fused-ring (bicyclic) bond motifs is 1. The zero-order valence-electron chi connectivity index (χ0n) is 13.0. The fraction of sp³-hybridized carbons (Fsp3) is 0.562. The molecule has 1 aromatic carbocycles. The number of esters is 1. The van der Waals surface area contributed by atoms with Crippen LogP contribution in [0.2, 0.25) is 0 Å². The molecule has 0 aromatic heterocycles. The van der Waals surface area contributed by atoms with Gasteiger partial charge in [0.25, 0.3) is 0 Å². The Labute approximate surface area is 134 Å². The van der Waals surface area contributed by atoms with Gasteiger partial charge in [0.15, 0.2) is 18.7 Å². The van der Waals surface area contributed by atoms with Crippen LogP contribution >= 0.6 is 0 Å². The van der Waals surface area contributed by atoms with Crippen LogP contribution in [0.5, 0.6) is 0 Å². The molecular weight excluding hydrogens is 304 g/mol. The van der Waals surface area contributed by atoms with E-state index < -0.39 is 43.0 Å². The van der Waals surface area contributed by atoms with E-state index in [-0.39, 0.29) is 6.61 Å². The standard InChI is InChI=1S/C16H20O7/c1-9(17)21-14-12(18)13-11(22-16(14)19-2)8-20-15(23-13)10-6-4-3-5-7-10/h3-7,11-16,18H,8H2,1-2H3/t11-,12-,13-,14-,15?,16+/m1/s1. The molecule has 0 spiro atoms. The summed E-state index contributed by atoms with van der Waals surface area (Å²) < 4.78 is 27.5. The highest BCUT2D eigenvalue weighted by atomic mass is 16.8. The molecule has 2 heterocycles. The van der Waals surface area contributed by atoms with Crippen molar-refractivity contribution in [2.45, 2.75) is 43.9 Å². The Balaban J connectivity index is 1.76. The molecule has 2 aliphatic heterocycles. The molecule has 23 heavy (non-hydrogen) atoms. The van der Waals surface area contributed by atoms with E-state index in [2.05, 4.69) is 0 Å². The Morgan fingerprint density at radius 2 is 2.00 bits per heavy atom. The maximum Gasteiger partial charge on any atom is 0.303 e. The van der Waals surface area contributed by atoms with Crippen molar-refractivity contribution < 1.29 is 33.6 Å². The summed E-state index contributed by atoms with van der Waals surface area (Å²) in [6.07, 6.45) is -4.67. The Hall–Kier alpha value is -1.51. The van der Waals surface area contributed by atoms with Gasteiger partial charge in [-0.1, -0.05) is 30.3 Å². The van der Waals surface area contributed by atoms with Crippen molar-refractivity contribution in [1.29, 1.82) is 0 Å². The van der Waals surface area contributed by atoms with E-state index in [4.69, 9.17) is 23.7 Å². The second kappa shape index (κ2) is 6.94. The topological polar surface area (TPSA) is 83.5 Å². The van der Waals surface area contributed by atoms with Crippen molar-refractivity contribution >= 4 is 5.97 Å². The minimum atomic E-state index is -1.07. The summed E-state index contributed by atoms with van der Waals surface area (Å²) >= 11 is 0. The predicted octanol–water partition coefficient (Wildman–Crippen LogP) is 0.764. The van der Waals surface area contributed by atoms with Crippen LogP contribution in [0.1, 0.15) is 18.8 Å². The van der Waals surface area contributed by atoms with Crippen LogP contribution in [0, 0.1) is 0 Å². The van der Waals surface area contributed by atoms with E-state index in [1.807, 2.05) is 30.3 Å². The summed E-state index contributed by atoms with van der Waals surface area (Å²) in [7, 11) is 1.42. The van der Waals surface area contributed by atoms with Gasteiger partial charge in [0.2, 0.25) is 0 Å². The maximum atomic E-state index is 11.3. The summed E-state index contributed by atoms with van der Waals surface area (Å²) in [5, 5.41) is 10.6. The fourth-order valence-electron chi connectivity index (χ4n) is 2.85. The summed E-state index contributed by atoms with van der Waals surface area (Å²) in [6, 6.07) is 9.41. The highest BCUT2D eigenvalue weighted by Gasteiger charge is 2.51. The number of rotatable bonds is 3. The van der Waals surface area contributed by atoms with Gasteiger partial charge in [-0.25, -0.2) is 0 Å². The Kier molecular flexibility index (Phi) is 4.93. The number of carbonyl (C=O) groups excluding carboxylic acids is 1. The largest absolute Gasteiger partial charge is 0.454 e. The fourth-order valence-corrected chi connectivity index (χ4v) is 2.85. The van der Waals surface area contributed by atoms with Crippen molar-refractivity contribution in [3.05, 3.63) is 35.9 Å². The highest BCUT2D eigenvalue weighted by molar-refractivity contribution is 5.66. The van der Waals surface area contributed by atoms with Crippen LogP contribution < -0.4 is 0 Å². The molecule has 7 nitrogen and oxygen atoms in total. The highest BCUT2D eigenvalue weighted by Crippen LogP contribution is 2.35. The zero-order valence-corrected chi connectivity index (χ0v) is 13.0. The Bertz CT molecular complexity index is 534. The molecule has 6 atom stereocenters. The molecular formula is C16H20O7. The second-order valence-corrected chi connectivity index (χ2v) is 5.52. The Morgan fingerprint density at radius 1 is 1.26 bits per heavy atom. The van der Waals surface area contributed by atoms with Crippen molar-refractivity contribution in [2.75, 3.05) is 13.7 Å². The molecule has 1 unspecified atom stereocenters. The van der Waals surface area contributed by atoms with E-state index in [9.17, 15) is 9.90 Å².